The zero-order valence-corrected chi connectivity index (χ0v) is 12.9. The number of nitrogens with zero attached hydrogens (tertiary/aromatic N) is 3. The molecule has 0 fully saturated rings. The first-order valence-electron chi connectivity index (χ1n) is 6.57. The number of hydrogen-bond acceptors (Lipinski definition) is 5. The van der Waals surface area contributed by atoms with E-state index in [1.165, 1.54) is 0 Å². The van der Waals surface area contributed by atoms with Crippen LogP contribution in [0, 0.1) is 11.3 Å². The maximum Gasteiger partial charge on any atom is 0.241 e. The molecule has 0 aliphatic carbocycles. The van der Waals surface area contributed by atoms with Gasteiger partial charge in [0.1, 0.15) is 0 Å². The highest BCUT2D eigenvalue weighted by atomic mass is 16.5. The van der Waals surface area contributed by atoms with E-state index in [2.05, 4.69) is 0 Å². The lowest BCUT2D eigenvalue weighted by atomic mass is 10.2. The summed E-state index contributed by atoms with van der Waals surface area (Å²) in [4.78, 5) is 15.4. The number of nitriles is 1. The summed E-state index contributed by atoms with van der Waals surface area (Å²) in [6.45, 7) is 0.673. The number of methoxy groups -OCH3 is 2. The van der Waals surface area contributed by atoms with Gasteiger partial charge in [-0.25, -0.2) is 0 Å². The normalized spacial score (nSPS) is 9.67. The molecule has 0 bridgehead atoms. The summed E-state index contributed by atoms with van der Waals surface area (Å²) in [5, 5.41) is 8.54. The Balaban J connectivity index is 2.73. The third-order valence-corrected chi connectivity index (χ3v) is 3.17. The van der Waals surface area contributed by atoms with Crippen molar-refractivity contribution in [3.8, 4) is 17.6 Å². The van der Waals surface area contributed by atoms with Gasteiger partial charge in [0.15, 0.2) is 11.5 Å². The highest BCUT2D eigenvalue weighted by molar-refractivity contribution is 5.81. The van der Waals surface area contributed by atoms with Gasteiger partial charge >= 0.3 is 0 Å². The largest absolute Gasteiger partial charge is 0.493 e. The molecule has 0 unspecified atom stereocenters. The number of amides is 1. The van der Waals surface area contributed by atoms with Gasteiger partial charge < -0.3 is 19.3 Å². The average molecular weight is 291 g/mol. The van der Waals surface area contributed by atoms with Gasteiger partial charge in [-0.15, -0.1) is 0 Å². The fraction of sp³-hybridized carbons (Fsp3) is 0.467. The quantitative estimate of drug-likeness (QED) is 0.762. The van der Waals surface area contributed by atoms with Crippen LogP contribution in [0.4, 0.5) is 5.69 Å². The summed E-state index contributed by atoms with van der Waals surface area (Å²) in [5.74, 6) is 1.22. The molecule has 0 aliphatic rings. The van der Waals surface area contributed by atoms with Gasteiger partial charge in [0.25, 0.3) is 0 Å². The molecule has 21 heavy (non-hydrogen) atoms. The van der Waals surface area contributed by atoms with Crippen LogP contribution in [0.1, 0.15) is 6.42 Å². The number of ether oxygens (including phenoxy) is 2. The SMILES string of the molecule is COc1ccc(N(C)CC(=O)N(C)CCC#N)cc1OC. The van der Waals surface area contributed by atoms with Crippen LogP contribution in [0.15, 0.2) is 18.2 Å². The number of carbonyl (C=O) groups is 1. The van der Waals surface area contributed by atoms with E-state index >= 15 is 0 Å². The fourth-order valence-corrected chi connectivity index (χ4v) is 1.82. The van der Waals surface area contributed by atoms with Crippen LogP contribution in [0.3, 0.4) is 0 Å². The summed E-state index contributed by atoms with van der Waals surface area (Å²) in [7, 11) is 6.68. The standard InChI is InChI=1S/C15H21N3O3/c1-17(9-5-8-16)15(19)11-18(2)12-6-7-13(20-3)14(10-12)21-4/h6-7,10H,5,9,11H2,1-4H3. The van der Waals surface area contributed by atoms with Crippen molar-refractivity contribution in [2.75, 3.05) is 46.3 Å². The van der Waals surface area contributed by atoms with Gasteiger partial charge in [-0.05, 0) is 12.1 Å². The van der Waals surface area contributed by atoms with Crippen LogP contribution in [0.5, 0.6) is 11.5 Å². The molecule has 0 aromatic heterocycles. The van der Waals surface area contributed by atoms with Crippen LogP contribution in [0.25, 0.3) is 0 Å². The van der Waals surface area contributed by atoms with Crippen molar-refractivity contribution in [3.05, 3.63) is 18.2 Å². The Morgan fingerprint density at radius 1 is 1.24 bits per heavy atom. The monoisotopic (exact) mass is 291 g/mol. The first-order chi connectivity index (χ1) is 10.0. The Bertz CT molecular complexity index is 525. The molecule has 0 radical (unpaired) electrons. The van der Waals surface area contributed by atoms with Crippen LogP contribution in [-0.2, 0) is 4.79 Å². The Labute approximate surface area is 125 Å². The number of carbonyl (C=O) groups excluding carboxylic acids is 1. The molecule has 1 rings (SSSR count). The second-order valence-electron chi connectivity index (χ2n) is 4.62. The van der Waals surface area contributed by atoms with Crippen LogP contribution >= 0.6 is 0 Å². The fourth-order valence-electron chi connectivity index (χ4n) is 1.82. The molecule has 1 amide bonds. The third-order valence-electron chi connectivity index (χ3n) is 3.17. The van der Waals surface area contributed by atoms with Crippen molar-refractivity contribution in [2.24, 2.45) is 0 Å². The van der Waals surface area contributed by atoms with Gasteiger partial charge in [-0.3, -0.25) is 4.79 Å². The Morgan fingerprint density at radius 3 is 2.48 bits per heavy atom. The number of benzene rings is 1. The van der Waals surface area contributed by atoms with Crippen molar-refractivity contribution < 1.29 is 14.3 Å². The van der Waals surface area contributed by atoms with Gasteiger partial charge in [0.05, 0.1) is 33.3 Å². The van der Waals surface area contributed by atoms with E-state index in [1.54, 1.807) is 32.2 Å². The number of rotatable bonds is 7. The van der Waals surface area contributed by atoms with E-state index in [9.17, 15) is 4.79 Å². The molecule has 114 valence electrons. The van der Waals surface area contributed by atoms with E-state index < -0.39 is 0 Å². The molecule has 0 saturated carbocycles. The predicted molar refractivity (Wildman–Crippen MR) is 80.7 cm³/mol. The predicted octanol–water partition coefficient (Wildman–Crippen LogP) is 1.51. The molecular weight excluding hydrogens is 270 g/mol. The van der Waals surface area contributed by atoms with Crippen LogP contribution in [-0.4, -0.2) is 52.2 Å². The molecule has 0 saturated heterocycles. The Hall–Kier alpha value is -2.42. The van der Waals surface area contributed by atoms with Gasteiger partial charge in [-0.1, -0.05) is 0 Å². The van der Waals surface area contributed by atoms with E-state index in [1.807, 2.05) is 30.1 Å². The molecule has 0 N–H and O–H groups in total. The van der Waals surface area contributed by atoms with Crippen molar-refractivity contribution >= 4 is 11.6 Å². The summed E-state index contributed by atoms with van der Waals surface area (Å²) in [6, 6.07) is 7.51. The minimum Gasteiger partial charge on any atom is -0.493 e. The van der Waals surface area contributed by atoms with E-state index in [4.69, 9.17) is 14.7 Å². The van der Waals surface area contributed by atoms with Gasteiger partial charge in [0.2, 0.25) is 5.91 Å². The minimum absolute atomic E-state index is 0.0393. The molecule has 0 spiro atoms. The second kappa shape index (κ2) is 8.00. The molecule has 0 heterocycles. The van der Waals surface area contributed by atoms with Crippen LogP contribution in [0.2, 0.25) is 0 Å². The van der Waals surface area contributed by atoms with Gasteiger partial charge in [0, 0.05) is 32.4 Å². The van der Waals surface area contributed by atoms with E-state index in [0.717, 1.165) is 5.69 Å². The van der Waals surface area contributed by atoms with Gasteiger partial charge in [-0.2, -0.15) is 5.26 Å². The second-order valence-corrected chi connectivity index (χ2v) is 4.62. The lowest BCUT2D eigenvalue weighted by Gasteiger charge is -2.23. The van der Waals surface area contributed by atoms with Crippen molar-refractivity contribution in [2.45, 2.75) is 6.42 Å². The van der Waals surface area contributed by atoms with E-state index in [-0.39, 0.29) is 12.5 Å². The molecule has 0 atom stereocenters. The summed E-state index contributed by atoms with van der Waals surface area (Å²) in [5.41, 5.74) is 0.856. The Kier molecular flexibility index (Phi) is 6.34. The molecule has 6 heteroatoms. The third kappa shape index (κ3) is 4.56. The van der Waals surface area contributed by atoms with E-state index in [0.29, 0.717) is 24.5 Å². The minimum atomic E-state index is -0.0393. The Morgan fingerprint density at radius 2 is 1.90 bits per heavy atom. The molecule has 1 aromatic carbocycles. The summed E-state index contributed by atoms with van der Waals surface area (Å²) < 4.78 is 10.4. The molecule has 0 aliphatic heterocycles. The zero-order chi connectivity index (χ0) is 15.8. The van der Waals surface area contributed by atoms with Crippen molar-refractivity contribution in [1.82, 2.24) is 4.90 Å². The summed E-state index contributed by atoms with van der Waals surface area (Å²) >= 11 is 0. The highest BCUT2D eigenvalue weighted by Crippen LogP contribution is 2.30. The topological polar surface area (TPSA) is 65.8 Å². The molecule has 1 aromatic rings. The van der Waals surface area contributed by atoms with Crippen molar-refractivity contribution in [1.29, 1.82) is 5.26 Å². The maximum absolute atomic E-state index is 12.0. The summed E-state index contributed by atoms with van der Waals surface area (Å²) in [6.07, 6.45) is 0.336. The zero-order valence-electron chi connectivity index (χ0n) is 12.9. The van der Waals surface area contributed by atoms with Crippen molar-refractivity contribution in [3.63, 3.8) is 0 Å². The average Bonchev–Trinajstić information content (AvgIpc) is 2.51. The lowest BCUT2D eigenvalue weighted by Crippen LogP contribution is -2.37. The smallest absolute Gasteiger partial charge is 0.241 e. The number of hydrogen-bond donors (Lipinski definition) is 0. The first kappa shape index (κ1) is 16.6. The highest BCUT2D eigenvalue weighted by Gasteiger charge is 2.13. The molecule has 6 nitrogen and oxygen atoms in total. The lowest BCUT2D eigenvalue weighted by molar-refractivity contribution is -0.128. The maximum atomic E-state index is 12.0. The van der Waals surface area contributed by atoms with Crippen LogP contribution < -0.4 is 14.4 Å². The number of anilines is 1. The first-order valence-corrected chi connectivity index (χ1v) is 6.57. The molecular formula is C15H21N3O3. The number of likely N-dealkylation sites (N-methyl/N-ethyl adjacent to an activating group) is 2.